The highest BCUT2D eigenvalue weighted by Gasteiger charge is 2.52. The molecule has 0 amide bonds. The van der Waals surface area contributed by atoms with Gasteiger partial charge in [0, 0.05) is 49.7 Å². The third-order valence-corrected chi connectivity index (χ3v) is 16.4. The molecule has 1 spiro atoms. The number of ether oxygens (including phenoxy) is 1. The molecule has 0 radical (unpaired) electrons. The summed E-state index contributed by atoms with van der Waals surface area (Å²) in [5.41, 5.74) is 18.3. The molecule has 3 nitrogen and oxygen atoms in total. The molecule has 0 bridgehead atoms. The van der Waals surface area contributed by atoms with E-state index in [2.05, 4.69) is 260 Å². The predicted molar refractivity (Wildman–Crippen MR) is 298 cm³/mol. The van der Waals surface area contributed by atoms with E-state index >= 15 is 0 Å². The van der Waals surface area contributed by atoms with Gasteiger partial charge in [0.05, 0.1) is 10.8 Å². The van der Waals surface area contributed by atoms with E-state index in [4.69, 9.17) is 9.15 Å². The van der Waals surface area contributed by atoms with Crippen molar-refractivity contribution in [3.8, 4) is 33.8 Å². The smallest absolute Gasteiger partial charge is 0.140 e. The first-order chi connectivity index (χ1) is 36.2. The summed E-state index contributed by atoms with van der Waals surface area (Å²) < 4.78 is 13.8. The van der Waals surface area contributed by atoms with Gasteiger partial charge in [-0.1, -0.05) is 212 Å². The van der Waals surface area contributed by atoms with E-state index in [1.807, 2.05) is 6.07 Å². The molecule has 2 heterocycles. The van der Waals surface area contributed by atoms with Crippen LogP contribution >= 0.6 is 0 Å². The zero-order chi connectivity index (χ0) is 47.8. The molecule has 0 saturated heterocycles. The lowest BCUT2D eigenvalue weighted by atomic mass is 9.65. The van der Waals surface area contributed by atoms with Crippen LogP contribution in [0.3, 0.4) is 0 Å². The van der Waals surface area contributed by atoms with Crippen LogP contribution in [0.15, 0.2) is 265 Å². The number of anilines is 3. The standard InChI is InChI=1S/C70H43NO2/c1-3-19-46(20-4-1)69(47-21-5-2-6-22-47)59-28-14-11-25-53(59)55-36-33-49(42-63(55)69)71(48-35-40-66-58(41-48)57-27-13-16-30-65(57)72-66)50-34-37-56-54-26-12-15-29-60(54)70(64(56)43-50)61-38-31-44-17-7-9-23-51(44)67(61)73-68-52-24-10-8-18-45(52)32-39-62(68)70/h1-43H. The molecule has 0 fully saturated rings. The number of hydrogen-bond donors (Lipinski definition) is 0. The number of furan rings is 1. The fourth-order valence-corrected chi connectivity index (χ4v) is 13.4. The van der Waals surface area contributed by atoms with E-state index < -0.39 is 10.8 Å². The van der Waals surface area contributed by atoms with Crippen LogP contribution in [-0.2, 0) is 10.8 Å². The van der Waals surface area contributed by atoms with Gasteiger partial charge >= 0.3 is 0 Å². The van der Waals surface area contributed by atoms with E-state index in [0.29, 0.717) is 0 Å². The minimum absolute atomic E-state index is 0.578. The van der Waals surface area contributed by atoms with Gasteiger partial charge < -0.3 is 14.1 Å². The van der Waals surface area contributed by atoms with Crippen molar-refractivity contribution in [1.29, 1.82) is 0 Å². The molecule has 0 atom stereocenters. The first-order valence-electron chi connectivity index (χ1n) is 25.2. The van der Waals surface area contributed by atoms with Crippen molar-refractivity contribution in [1.82, 2.24) is 0 Å². The van der Waals surface area contributed by atoms with E-state index in [-0.39, 0.29) is 0 Å². The van der Waals surface area contributed by atoms with Gasteiger partial charge in [0.1, 0.15) is 22.7 Å². The Balaban J connectivity index is 1.00. The summed E-state index contributed by atoms with van der Waals surface area (Å²) in [6.07, 6.45) is 0. The maximum Gasteiger partial charge on any atom is 0.140 e. The maximum absolute atomic E-state index is 7.35. The Bertz CT molecular complexity index is 4310. The third-order valence-electron chi connectivity index (χ3n) is 16.4. The Labute approximate surface area is 422 Å². The van der Waals surface area contributed by atoms with E-state index in [1.165, 1.54) is 55.6 Å². The summed E-state index contributed by atoms with van der Waals surface area (Å²) in [7, 11) is 0. The number of hydrogen-bond acceptors (Lipinski definition) is 3. The van der Waals surface area contributed by atoms with Gasteiger partial charge in [-0.3, -0.25) is 0 Å². The highest BCUT2D eigenvalue weighted by molar-refractivity contribution is 6.07. The molecule has 1 aromatic heterocycles. The predicted octanol–water partition coefficient (Wildman–Crippen LogP) is 18.2. The van der Waals surface area contributed by atoms with E-state index in [0.717, 1.165) is 83.2 Å². The van der Waals surface area contributed by atoms with Crippen LogP contribution in [0.2, 0.25) is 0 Å². The SMILES string of the molecule is c1ccc(C2(c3ccccc3)c3ccccc3-c3ccc(N(c4ccc5c(c4)C4(c6ccccc6-5)c5ccc6ccccc6c5Oc5c4ccc4ccccc54)c4ccc5oc6ccccc6c5c4)cc32)cc1. The Morgan fingerprint density at radius 2 is 0.712 bits per heavy atom. The largest absolute Gasteiger partial charge is 0.456 e. The van der Waals surface area contributed by atoms with Crippen LogP contribution in [0.4, 0.5) is 17.1 Å². The lowest BCUT2D eigenvalue weighted by molar-refractivity contribution is 0.447. The zero-order valence-corrected chi connectivity index (χ0v) is 39.6. The van der Waals surface area contributed by atoms with Crippen LogP contribution in [0, 0.1) is 0 Å². The molecular weight excluding hydrogens is 887 g/mol. The molecule has 0 N–H and O–H groups in total. The minimum atomic E-state index is -0.718. The van der Waals surface area contributed by atoms with Crippen molar-refractivity contribution in [2.24, 2.45) is 0 Å². The molecule has 3 heteroatoms. The number of benzene rings is 12. The highest BCUT2D eigenvalue weighted by Crippen LogP contribution is 2.65. The van der Waals surface area contributed by atoms with Crippen LogP contribution < -0.4 is 9.64 Å². The van der Waals surface area contributed by atoms with Crippen LogP contribution in [-0.4, -0.2) is 0 Å². The van der Waals surface area contributed by atoms with Gasteiger partial charge in [0.15, 0.2) is 0 Å². The van der Waals surface area contributed by atoms with Crippen LogP contribution in [0.1, 0.15) is 44.5 Å². The molecule has 0 saturated carbocycles. The maximum atomic E-state index is 7.35. The lowest BCUT2D eigenvalue weighted by Crippen LogP contribution is -2.32. The van der Waals surface area contributed by atoms with Crippen LogP contribution in [0.5, 0.6) is 11.5 Å². The molecule has 16 rings (SSSR count). The van der Waals surface area contributed by atoms with Crippen molar-refractivity contribution in [3.05, 3.63) is 305 Å². The Morgan fingerprint density at radius 1 is 0.274 bits per heavy atom. The number of para-hydroxylation sites is 1. The number of nitrogens with zero attached hydrogens (tertiary/aromatic N) is 1. The second kappa shape index (κ2) is 15.0. The molecule has 3 aliphatic rings. The summed E-state index contributed by atoms with van der Waals surface area (Å²) in [6, 6.07) is 96.1. The normalized spacial score (nSPS) is 14.1. The van der Waals surface area contributed by atoms with Gasteiger partial charge in [-0.2, -0.15) is 0 Å². The fourth-order valence-electron chi connectivity index (χ4n) is 13.4. The summed E-state index contributed by atoms with van der Waals surface area (Å²) in [5.74, 6) is 1.81. The Morgan fingerprint density at radius 3 is 1.32 bits per heavy atom. The minimum Gasteiger partial charge on any atom is -0.456 e. The molecule has 73 heavy (non-hydrogen) atoms. The number of rotatable bonds is 5. The van der Waals surface area contributed by atoms with Gasteiger partial charge in [-0.05, 0) is 115 Å². The van der Waals surface area contributed by atoms with Gasteiger partial charge in [-0.25, -0.2) is 0 Å². The van der Waals surface area contributed by atoms with E-state index in [1.54, 1.807) is 0 Å². The van der Waals surface area contributed by atoms with Crippen LogP contribution in [0.25, 0.3) is 65.7 Å². The zero-order valence-electron chi connectivity index (χ0n) is 39.6. The van der Waals surface area contributed by atoms with Crippen molar-refractivity contribution >= 4 is 60.5 Å². The number of fused-ring (bicyclic) bond motifs is 19. The van der Waals surface area contributed by atoms with Crippen molar-refractivity contribution in [2.45, 2.75) is 10.8 Å². The molecular formula is C70H43NO2. The van der Waals surface area contributed by atoms with Crippen molar-refractivity contribution in [3.63, 3.8) is 0 Å². The lowest BCUT2D eigenvalue weighted by Gasteiger charge is -2.40. The fraction of sp³-hybridized carbons (Fsp3) is 0.0286. The summed E-state index contributed by atoms with van der Waals surface area (Å²) >= 11 is 0. The first kappa shape index (κ1) is 40.3. The second-order valence-electron chi connectivity index (χ2n) is 19.8. The third kappa shape index (κ3) is 5.38. The summed E-state index contributed by atoms with van der Waals surface area (Å²) in [6.45, 7) is 0. The van der Waals surface area contributed by atoms with Gasteiger partial charge in [-0.15, -0.1) is 0 Å². The Hall–Kier alpha value is -9.44. The van der Waals surface area contributed by atoms with Crippen molar-refractivity contribution < 1.29 is 9.15 Å². The summed E-state index contributed by atoms with van der Waals surface area (Å²) in [5, 5.41) is 6.66. The topological polar surface area (TPSA) is 25.6 Å². The Kier molecular flexibility index (Phi) is 8.30. The molecule has 12 aromatic carbocycles. The monoisotopic (exact) mass is 929 g/mol. The van der Waals surface area contributed by atoms with Gasteiger partial charge in [0.2, 0.25) is 0 Å². The molecule has 13 aromatic rings. The van der Waals surface area contributed by atoms with E-state index in [9.17, 15) is 0 Å². The molecule has 2 aliphatic carbocycles. The van der Waals surface area contributed by atoms with Crippen molar-refractivity contribution in [2.75, 3.05) is 4.90 Å². The summed E-state index contributed by atoms with van der Waals surface area (Å²) in [4.78, 5) is 2.48. The van der Waals surface area contributed by atoms with Gasteiger partial charge in [0.25, 0.3) is 0 Å². The first-order valence-corrected chi connectivity index (χ1v) is 25.2. The molecule has 1 aliphatic heterocycles. The molecule has 340 valence electrons. The average Bonchev–Trinajstić information content (AvgIpc) is 4.08. The molecule has 0 unspecified atom stereocenters. The average molecular weight is 930 g/mol. The quantitative estimate of drug-likeness (QED) is 0.172. The highest BCUT2D eigenvalue weighted by atomic mass is 16.5. The second-order valence-corrected chi connectivity index (χ2v) is 19.8.